The summed E-state index contributed by atoms with van der Waals surface area (Å²) in [5, 5.41) is 4.78. The van der Waals surface area contributed by atoms with Crippen LogP contribution in [0.1, 0.15) is 24.3 Å². The summed E-state index contributed by atoms with van der Waals surface area (Å²) in [6.07, 6.45) is 6.35. The second kappa shape index (κ2) is 5.19. The smallest absolute Gasteiger partial charge is 0.108 e. The zero-order valence-corrected chi connectivity index (χ0v) is 12.2. The third-order valence-corrected chi connectivity index (χ3v) is 6.21. The Morgan fingerprint density at radius 3 is 2.89 bits per heavy atom. The average Bonchev–Trinajstić information content (AvgIpc) is 2.75. The predicted octanol–water partition coefficient (Wildman–Crippen LogP) is 3.67. The Morgan fingerprint density at radius 2 is 2.22 bits per heavy atom. The van der Waals surface area contributed by atoms with Crippen LogP contribution in [0.3, 0.4) is 0 Å². The fourth-order valence-corrected chi connectivity index (χ4v) is 4.30. The van der Waals surface area contributed by atoms with Crippen LogP contribution in [-0.4, -0.2) is 22.5 Å². The van der Waals surface area contributed by atoms with Crippen LogP contribution in [0, 0.1) is 0 Å². The lowest BCUT2D eigenvalue weighted by molar-refractivity contribution is 0.345. The van der Waals surface area contributed by atoms with Gasteiger partial charge in [0.2, 0.25) is 0 Å². The second-order valence-electron chi connectivity index (χ2n) is 4.92. The van der Waals surface area contributed by atoms with E-state index in [2.05, 4.69) is 40.8 Å². The Morgan fingerprint density at radius 1 is 1.39 bits per heavy atom. The first-order chi connectivity index (χ1) is 8.81. The van der Waals surface area contributed by atoms with Gasteiger partial charge in [-0.2, -0.15) is 11.8 Å². The van der Waals surface area contributed by atoms with E-state index in [1.807, 2.05) is 11.8 Å². The SMILES string of the molecule is CSC1(CNCc2nc3ccccc3s2)CCC1. The Labute approximate surface area is 116 Å². The van der Waals surface area contributed by atoms with Crippen molar-refractivity contribution in [1.82, 2.24) is 10.3 Å². The van der Waals surface area contributed by atoms with E-state index in [0.29, 0.717) is 4.75 Å². The van der Waals surface area contributed by atoms with Crippen molar-refractivity contribution in [2.45, 2.75) is 30.6 Å². The third kappa shape index (κ3) is 2.42. The Hall–Kier alpha value is -0.580. The van der Waals surface area contributed by atoms with Crippen molar-refractivity contribution >= 4 is 33.3 Å². The van der Waals surface area contributed by atoms with Crippen molar-refractivity contribution < 1.29 is 0 Å². The van der Waals surface area contributed by atoms with Gasteiger partial charge in [-0.3, -0.25) is 0 Å². The summed E-state index contributed by atoms with van der Waals surface area (Å²) >= 11 is 3.82. The van der Waals surface area contributed by atoms with E-state index in [4.69, 9.17) is 0 Å². The molecule has 0 unspecified atom stereocenters. The molecular formula is C14H18N2S2. The highest BCUT2D eigenvalue weighted by atomic mass is 32.2. The number of thiazole rings is 1. The van der Waals surface area contributed by atoms with Crippen molar-refractivity contribution in [3.05, 3.63) is 29.3 Å². The summed E-state index contributed by atoms with van der Waals surface area (Å²) in [5.41, 5.74) is 1.13. The number of aromatic nitrogens is 1. The molecule has 0 bridgehead atoms. The number of nitrogens with zero attached hydrogens (tertiary/aromatic N) is 1. The van der Waals surface area contributed by atoms with Gasteiger partial charge in [-0.1, -0.05) is 18.6 Å². The molecule has 0 spiro atoms. The molecule has 2 nitrogen and oxygen atoms in total. The van der Waals surface area contributed by atoms with Crippen molar-refractivity contribution in [3.8, 4) is 0 Å². The number of rotatable bonds is 5. The topological polar surface area (TPSA) is 24.9 Å². The van der Waals surface area contributed by atoms with Gasteiger partial charge >= 0.3 is 0 Å². The van der Waals surface area contributed by atoms with Crippen LogP contribution in [0.15, 0.2) is 24.3 Å². The van der Waals surface area contributed by atoms with Crippen molar-refractivity contribution in [2.75, 3.05) is 12.8 Å². The molecule has 1 aliphatic carbocycles. The van der Waals surface area contributed by atoms with E-state index < -0.39 is 0 Å². The molecule has 96 valence electrons. The van der Waals surface area contributed by atoms with Crippen LogP contribution >= 0.6 is 23.1 Å². The lowest BCUT2D eigenvalue weighted by atomic mass is 9.84. The highest BCUT2D eigenvalue weighted by molar-refractivity contribution is 8.00. The van der Waals surface area contributed by atoms with Crippen LogP contribution in [0.2, 0.25) is 0 Å². The molecule has 0 amide bonds. The minimum absolute atomic E-state index is 0.511. The first-order valence-electron chi connectivity index (χ1n) is 6.42. The minimum atomic E-state index is 0.511. The third-order valence-electron chi connectivity index (χ3n) is 3.76. The van der Waals surface area contributed by atoms with Gasteiger partial charge < -0.3 is 5.32 Å². The maximum Gasteiger partial charge on any atom is 0.108 e. The second-order valence-corrected chi connectivity index (χ2v) is 7.31. The van der Waals surface area contributed by atoms with E-state index in [0.717, 1.165) is 18.6 Å². The predicted molar refractivity (Wildman–Crippen MR) is 81.4 cm³/mol. The highest BCUT2D eigenvalue weighted by Gasteiger charge is 2.35. The van der Waals surface area contributed by atoms with Crippen LogP contribution in [0.4, 0.5) is 0 Å². The van der Waals surface area contributed by atoms with Crippen molar-refractivity contribution in [1.29, 1.82) is 0 Å². The lowest BCUT2D eigenvalue weighted by Crippen LogP contribution is -2.43. The van der Waals surface area contributed by atoms with E-state index >= 15 is 0 Å². The molecule has 0 saturated heterocycles. The van der Waals surface area contributed by atoms with Crippen LogP contribution < -0.4 is 5.32 Å². The summed E-state index contributed by atoms with van der Waals surface area (Å²) in [6, 6.07) is 8.36. The van der Waals surface area contributed by atoms with Gasteiger partial charge in [0.15, 0.2) is 0 Å². The summed E-state index contributed by atoms with van der Waals surface area (Å²) in [5.74, 6) is 0. The first kappa shape index (κ1) is 12.5. The number of benzene rings is 1. The molecule has 1 aromatic heterocycles. The standard InChI is InChI=1S/C14H18N2S2/c1-17-14(7-4-8-14)10-15-9-13-16-11-5-2-3-6-12(11)18-13/h2-3,5-6,15H,4,7-10H2,1H3. The Kier molecular flexibility index (Phi) is 3.59. The van der Waals surface area contributed by atoms with E-state index in [1.54, 1.807) is 11.3 Å². The van der Waals surface area contributed by atoms with Crippen LogP contribution in [0.5, 0.6) is 0 Å². The molecule has 1 heterocycles. The Balaban J connectivity index is 1.59. The number of nitrogens with one attached hydrogen (secondary N) is 1. The fraction of sp³-hybridized carbons (Fsp3) is 0.500. The summed E-state index contributed by atoms with van der Waals surface area (Å²) < 4.78 is 1.80. The molecule has 0 radical (unpaired) electrons. The normalized spacial score (nSPS) is 17.8. The maximum atomic E-state index is 4.65. The van der Waals surface area contributed by atoms with Gasteiger partial charge in [0.1, 0.15) is 5.01 Å². The number of thioether (sulfide) groups is 1. The van der Waals surface area contributed by atoms with Crippen molar-refractivity contribution in [2.24, 2.45) is 0 Å². The molecule has 18 heavy (non-hydrogen) atoms. The quantitative estimate of drug-likeness (QED) is 0.903. The van der Waals surface area contributed by atoms with Gasteiger partial charge in [0, 0.05) is 17.8 Å². The molecule has 2 aromatic rings. The van der Waals surface area contributed by atoms with Crippen LogP contribution in [0.25, 0.3) is 10.2 Å². The zero-order valence-electron chi connectivity index (χ0n) is 10.6. The summed E-state index contributed by atoms with van der Waals surface area (Å²) in [7, 11) is 0. The first-order valence-corrected chi connectivity index (χ1v) is 8.46. The number of hydrogen-bond donors (Lipinski definition) is 1. The van der Waals surface area contributed by atoms with E-state index in [9.17, 15) is 0 Å². The number of para-hydroxylation sites is 1. The van der Waals surface area contributed by atoms with Gasteiger partial charge in [-0.25, -0.2) is 4.98 Å². The van der Waals surface area contributed by atoms with E-state index in [-0.39, 0.29) is 0 Å². The summed E-state index contributed by atoms with van der Waals surface area (Å²) in [4.78, 5) is 4.65. The van der Waals surface area contributed by atoms with Gasteiger partial charge in [-0.15, -0.1) is 11.3 Å². The molecular weight excluding hydrogens is 260 g/mol. The highest BCUT2D eigenvalue weighted by Crippen LogP contribution is 2.42. The molecule has 1 N–H and O–H groups in total. The van der Waals surface area contributed by atoms with Crippen LogP contribution in [-0.2, 0) is 6.54 Å². The molecule has 0 aliphatic heterocycles. The maximum absolute atomic E-state index is 4.65. The van der Waals surface area contributed by atoms with Gasteiger partial charge in [-0.05, 0) is 31.2 Å². The Bertz CT molecular complexity index is 493. The molecule has 1 aliphatic rings. The van der Waals surface area contributed by atoms with E-state index in [1.165, 1.54) is 29.0 Å². The van der Waals surface area contributed by atoms with Gasteiger partial charge in [0.05, 0.1) is 10.2 Å². The molecule has 1 saturated carbocycles. The molecule has 3 rings (SSSR count). The molecule has 1 aromatic carbocycles. The lowest BCUT2D eigenvalue weighted by Gasteiger charge is -2.40. The monoisotopic (exact) mass is 278 g/mol. The molecule has 1 fully saturated rings. The largest absolute Gasteiger partial charge is 0.309 e. The fourth-order valence-electron chi connectivity index (χ4n) is 2.42. The number of hydrogen-bond acceptors (Lipinski definition) is 4. The zero-order chi connectivity index (χ0) is 12.4. The van der Waals surface area contributed by atoms with Gasteiger partial charge in [0.25, 0.3) is 0 Å². The number of fused-ring (bicyclic) bond motifs is 1. The van der Waals surface area contributed by atoms with Crippen molar-refractivity contribution in [3.63, 3.8) is 0 Å². The molecule has 0 atom stereocenters. The minimum Gasteiger partial charge on any atom is -0.309 e. The summed E-state index contributed by atoms with van der Waals surface area (Å²) in [6.45, 7) is 2.02. The molecule has 4 heteroatoms. The average molecular weight is 278 g/mol.